The highest BCUT2D eigenvalue weighted by Gasteiger charge is 2.19. The Kier molecular flexibility index (Phi) is 4.71. The highest BCUT2D eigenvalue weighted by atomic mass is 16.5. The molecular formula is C15H17N3O3. The molecule has 1 heterocycles. The molecule has 2 aromatic rings. The summed E-state index contributed by atoms with van der Waals surface area (Å²) >= 11 is 0. The number of carbonyl (C=O) groups is 2. The van der Waals surface area contributed by atoms with Crippen molar-refractivity contribution in [1.29, 1.82) is 0 Å². The molecule has 1 amide bonds. The van der Waals surface area contributed by atoms with Gasteiger partial charge in [-0.05, 0) is 19.4 Å². The molecule has 0 aliphatic rings. The van der Waals surface area contributed by atoms with Crippen LogP contribution in [0.15, 0.2) is 36.5 Å². The lowest BCUT2D eigenvalue weighted by atomic mass is 10.2. The second-order valence-corrected chi connectivity index (χ2v) is 4.63. The van der Waals surface area contributed by atoms with Gasteiger partial charge in [-0.15, -0.1) is 0 Å². The van der Waals surface area contributed by atoms with Crippen molar-refractivity contribution in [2.45, 2.75) is 26.5 Å². The Morgan fingerprint density at radius 3 is 2.67 bits per heavy atom. The molecule has 6 nitrogen and oxygen atoms in total. The van der Waals surface area contributed by atoms with E-state index < -0.39 is 12.1 Å². The van der Waals surface area contributed by atoms with Crippen LogP contribution in [0, 0.1) is 6.92 Å². The Hall–Kier alpha value is -2.63. The molecule has 6 heteroatoms. The topological polar surface area (TPSA) is 84.1 Å². The second-order valence-electron chi connectivity index (χ2n) is 4.63. The molecular weight excluding hydrogens is 270 g/mol. The molecule has 2 rings (SSSR count). The van der Waals surface area contributed by atoms with Gasteiger partial charge in [0.05, 0.1) is 6.20 Å². The number of hydrogen-bond donors (Lipinski definition) is 2. The minimum absolute atomic E-state index is 0.232. The third-order valence-electron chi connectivity index (χ3n) is 2.89. The van der Waals surface area contributed by atoms with Crippen LogP contribution in [-0.2, 0) is 16.1 Å². The minimum atomic E-state index is -0.871. The predicted octanol–water partition coefficient (Wildman–Crippen LogP) is 1.58. The maximum absolute atomic E-state index is 11.9. The van der Waals surface area contributed by atoms with Crippen molar-refractivity contribution in [2.24, 2.45) is 0 Å². The number of H-pyrrole nitrogens is 1. The fourth-order valence-corrected chi connectivity index (χ4v) is 1.73. The molecule has 110 valence electrons. The zero-order valence-electron chi connectivity index (χ0n) is 11.9. The number of aryl methyl sites for hydroxylation is 1. The first-order valence-corrected chi connectivity index (χ1v) is 6.60. The van der Waals surface area contributed by atoms with E-state index in [1.807, 2.05) is 30.3 Å². The van der Waals surface area contributed by atoms with Crippen LogP contribution in [-0.4, -0.2) is 27.9 Å². The van der Waals surface area contributed by atoms with Crippen molar-refractivity contribution in [3.8, 4) is 0 Å². The molecule has 0 saturated heterocycles. The summed E-state index contributed by atoms with van der Waals surface area (Å²) in [5.41, 5.74) is 1.21. The number of benzene rings is 1. The molecule has 2 N–H and O–H groups in total. The zero-order chi connectivity index (χ0) is 15.2. The second kappa shape index (κ2) is 6.69. The number of hydrogen-bond acceptors (Lipinski definition) is 4. The van der Waals surface area contributed by atoms with Crippen LogP contribution in [0.1, 0.15) is 28.8 Å². The number of ether oxygens (including phenoxy) is 1. The van der Waals surface area contributed by atoms with Crippen molar-refractivity contribution in [1.82, 2.24) is 15.3 Å². The van der Waals surface area contributed by atoms with Gasteiger partial charge in [-0.3, -0.25) is 4.79 Å². The maximum atomic E-state index is 11.9. The Bertz CT molecular complexity index is 622. The highest BCUT2D eigenvalue weighted by molar-refractivity contribution is 5.90. The first kappa shape index (κ1) is 14.8. The van der Waals surface area contributed by atoms with Crippen LogP contribution in [0.2, 0.25) is 0 Å². The van der Waals surface area contributed by atoms with E-state index in [4.69, 9.17) is 4.74 Å². The van der Waals surface area contributed by atoms with E-state index >= 15 is 0 Å². The van der Waals surface area contributed by atoms with Gasteiger partial charge in [0.2, 0.25) is 0 Å². The van der Waals surface area contributed by atoms with Gasteiger partial charge in [-0.25, -0.2) is 9.78 Å². The lowest BCUT2D eigenvalue weighted by Crippen LogP contribution is -2.35. The fourth-order valence-electron chi connectivity index (χ4n) is 1.73. The van der Waals surface area contributed by atoms with Gasteiger partial charge in [0.25, 0.3) is 5.91 Å². The molecule has 0 aliphatic carbocycles. The molecule has 0 fully saturated rings. The van der Waals surface area contributed by atoms with Gasteiger partial charge in [-0.1, -0.05) is 30.3 Å². The monoisotopic (exact) mass is 287 g/mol. The summed E-state index contributed by atoms with van der Waals surface area (Å²) in [6.45, 7) is 3.65. The van der Waals surface area contributed by atoms with Crippen LogP contribution in [0.3, 0.4) is 0 Å². The molecule has 1 atom stereocenters. The van der Waals surface area contributed by atoms with Crippen molar-refractivity contribution in [3.63, 3.8) is 0 Å². The quantitative estimate of drug-likeness (QED) is 0.818. The van der Waals surface area contributed by atoms with Gasteiger partial charge >= 0.3 is 5.97 Å². The summed E-state index contributed by atoms with van der Waals surface area (Å²) in [6, 6.07) is 9.51. The average molecular weight is 287 g/mol. The maximum Gasteiger partial charge on any atom is 0.357 e. The highest BCUT2D eigenvalue weighted by Crippen LogP contribution is 2.03. The van der Waals surface area contributed by atoms with E-state index in [0.29, 0.717) is 12.4 Å². The standard InChI is InChI=1S/C15H17N3O3/c1-10(21-15(20)13-9-16-11(2)18-13)14(19)17-8-12-6-4-3-5-7-12/h3-7,9-10H,8H2,1-2H3,(H,16,18)(H,17,19)/t10-/m1/s1. The van der Waals surface area contributed by atoms with Gasteiger partial charge in [0.1, 0.15) is 11.5 Å². The van der Waals surface area contributed by atoms with Gasteiger partial charge in [0, 0.05) is 6.54 Å². The third kappa shape index (κ3) is 4.17. The Morgan fingerprint density at radius 2 is 2.05 bits per heavy atom. The summed E-state index contributed by atoms with van der Waals surface area (Å²) < 4.78 is 5.08. The average Bonchev–Trinajstić information content (AvgIpc) is 2.92. The number of aromatic nitrogens is 2. The minimum Gasteiger partial charge on any atom is -0.448 e. The lowest BCUT2D eigenvalue weighted by molar-refractivity contribution is -0.129. The molecule has 0 bridgehead atoms. The molecule has 0 saturated carbocycles. The van der Waals surface area contributed by atoms with Crippen molar-refractivity contribution in [2.75, 3.05) is 0 Å². The van der Waals surface area contributed by atoms with Crippen molar-refractivity contribution < 1.29 is 14.3 Å². The van der Waals surface area contributed by atoms with Crippen molar-refractivity contribution in [3.05, 3.63) is 53.6 Å². The van der Waals surface area contributed by atoms with E-state index in [0.717, 1.165) is 5.56 Å². The SMILES string of the molecule is Cc1ncc(C(=O)O[C@H](C)C(=O)NCc2ccccc2)[nH]1. The van der Waals surface area contributed by atoms with Crippen LogP contribution in [0.25, 0.3) is 0 Å². The Morgan fingerprint density at radius 1 is 1.33 bits per heavy atom. The van der Waals surface area contributed by atoms with E-state index in [2.05, 4.69) is 15.3 Å². The first-order chi connectivity index (χ1) is 10.1. The third-order valence-corrected chi connectivity index (χ3v) is 2.89. The molecule has 0 radical (unpaired) electrons. The Labute approximate surface area is 122 Å². The molecule has 0 spiro atoms. The summed E-state index contributed by atoms with van der Waals surface area (Å²) in [4.78, 5) is 30.3. The van der Waals surface area contributed by atoms with E-state index in [9.17, 15) is 9.59 Å². The molecule has 21 heavy (non-hydrogen) atoms. The molecule has 1 aromatic carbocycles. The van der Waals surface area contributed by atoms with E-state index in [1.54, 1.807) is 6.92 Å². The lowest BCUT2D eigenvalue weighted by Gasteiger charge is -2.12. The summed E-state index contributed by atoms with van der Waals surface area (Å²) in [5, 5.41) is 2.72. The number of aromatic amines is 1. The van der Waals surface area contributed by atoms with Crippen LogP contribution < -0.4 is 5.32 Å². The number of rotatable bonds is 5. The van der Waals surface area contributed by atoms with Gasteiger partial charge in [-0.2, -0.15) is 0 Å². The van der Waals surface area contributed by atoms with E-state index in [1.165, 1.54) is 13.1 Å². The van der Waals surface area contributed by atoms with Crippen LogP contribution in [0.5, 0.6) is 0 Å². The number of amides is 1. The van der Waals surface area contributed by atoms with Gasteiger partial charge in [0.15, 0.2) is 6.10 Å². The smallest absolute Gasteiger partial charge is 0.357 e. The number of carbonyl (C=O) groups excluding carboxylic acids is 2. The fraction of sp³-hybridized carbons (Fsp3) is 0.267. The first-order valence-electron chi connectivity index (χ1n) is 6.60. The number of esters is 1. The van der Waals surface area contributed by atoms with Crippen LogP contribution in [0.4, 0.5) is 0 Å². The largest absolute Gasteiger partial charge is 0.448 e. The summed E-state index contributed by atoms with van der Waals surface area (Å²) in [6.07, 6.45) is 0.511. The van der Waals surface area contributed by atoms with Gasteiger partial charge < -0.3 is 15.0 Å². The van der Waals surface area contributed by atoms with Crippen LogP contribution >= 0.6 is 0 Å². The summed E-state index contributed by atoms with van der Waals surface area (Å²) in [7, 11) is 0. The van der Waals surface area contributed by atoms with Crippen molar-refractivity contribution >= 4 is 11.9 Å². The number of nitrogens with zero attached hydrogens (tertiary/aromatic N) is 1. The van der Waals surface area contributed by atoms with E-state index in [-0.39, 0.29) is 11.6 Å². The molecule has 0 unspecified atom stereocenters. The molecule has 1 aromatic heterocycles. The number of nitrogens with one attached hydrogen (secondary N) is 2. The zero-order valence-corrected chi connectivity index (χ0v) is 11.9. The Balaban J connectivity index is 1.83. The molecule has 0 aliphatic heterocycles. The normalized spacial score (nSPS) is 11.7. The number of imidazole rings is 1. The predicted molar refractivity (Wildman–Crippen MR) is 76.5 cm³/mol. The summed E-state index contributed by atoms with van der Waals surface area (Å²) in [5.74, 6) is -0.329.